The van der Waals surface area contributed by atoms with E-state index in [-0.39, 0.29) is 10.9 Å². The summed E-state index contributed by atoms with van der Waals surface area (Å²) in [6.45, 7) is 0. The third-order valence-corrected chi connectivity index (χ3v) is 4.67. The lowest BCUT2D eigenvalue weighted by atomic mass is 10.2. The second-order valence-corrected chi connectivity index (χ2v) is 6.26. The predicted molar refractivity (Wildman–Crippen MR) is 65.9 cm³/mol. The average Bonchev–Trinajstić information content (AvgIpc) is 2.80. The van der Waals surface area contributed by atoms with Crippen molar-refractivity contribution < 1.29 is 22.7 Å². The van der Waals surface area contributed by atoms with Gasteiger partial charge in [0, 0.05) is 6.04 Å². The first-order valence-corrected chi connectivity index (χ1v) is 7.43. The molecule has 2 N–H and O–H groups in total. The van der Waals surface area contributed by atoms with E-state index >= 15 is 0 Å². The van der Waals surface area contributed by atoms with Crippen LogP contribution in [0.3, 0.4) is 0 Å². The molecule has 1 aliphatic rings. The number of carboxylic acid groups (broad SMARTS) is 1. The highest BCUT2D eigenvalue weighted by atomic mass is 32.2. The van der Waals surface area contributed by atoms with Crippen LogP contribution in [-0.4, -0.2) is 25.5 Å². The molecule has 0 spiro atoms. The van der Waals surface area contributed by atoms with Gasteiger partial charge in [0.25, 0.3) is 0 Å². The molecule has 1 aromatic rings. The Bertz CT molecular complexity index is 594. The molecule has 5 nitrogen and oxygen atoms in total. The summed E-state index contributed by atoms with van der Waals surface area (Å²) in [5.41, 5.74) is -0.644. The minimum atomic E-state index is -3.80. The monoisotopic (exact) mass is 287 g/mol. The Hall–Kier alpha value is -1.47. The van der Waals surface area contributed by atoms with Crippen LogP contribution in [0.2, 0.25) is 0 Å². The molecular weight excluding hydrogens is 273 g/mol. The zero-order valence-electron chi connectivity index (χ0n) is 10.1. The normalized spacial score (nSPS) is 16.7. The molecule has 1 aliphatic carbocycles. The van der Waals surface area contributed by atoms with Crippen molar-refractivity contribution in [2.24, 2.45) is 0 Å². The lowest BCUT2D eigenvalue weighted by molar-refractivity contribution is 0.0691. The fourth-order valence-corrected chi connectivity index (χ4v) is 3.50. The summed E-state index contributed by atoms with van der Waals surface area (Å²) >= 11 is 0. The van der Waals surface area contributed by atoms with Gasteiger partial charge in [-0.15, -0.1) is 0 Å². The maximum absolute atomic E-state index is 13.2. The van der Waals surface area contributed by atoms with Crippen LogP contribution >= 0.6 is 0 Å². The lowest BCUT2D eigenvalue weighted by Crippen LogP contribution is -2.32. The van der Waals surface area contributed by atoms with E-state index in [0.29, 0.717) is 0 Å². The minimum absolute atomic E-state index is 0.122. The van der Waals surface area contributed by atoms with Gasteiger partial charge in [-0.3, -0.25) is 0 Å². The van der Waals surface area contributed by atoms with Gasteiger partial charge >= 0.3 is 5.97 Å². The Balaban J connectivity index is 2.29. The standard InChI is InChI=1S/C12H14FNO4S/c13-11-6-5-9(7-10(11)12(15)16)19(17,18)14-8-3-1-2-4-8/h5-8,14H,1-4H2,(H,15,16). The molecule has 7 heteroatoms. The molecule has 0 unspecified atom stereocenters. The van der Waals surface area contributed by atoms with Crippen LogP contribution in [-0.2, 0) is 10.0 Å². The Kier molecular flexibility index (Phi) is 3.86. The summed E-state index contributed by atoms with van der Waals surface area (Å²) < 4.78 is 39.8. The van der Waals surface area contributed by atoms with Crippen LogP contribution in [0.4, 0.5) is 4.39 Å². The summed E-state index contributed by atoms with van der Waals surface area (Å²) in [6, 6.07) is 2.64. The van der Waals surface area contributed by atoms with Crippen LogP contribution in [0, 0.1) is 5.82 Å². The Morgan fingerprint density at radius 2 is 1.95 bits per heavy atom. The molecule has 0 bridgehead atoms. The zero-order chi connectivity index (χ0) is 14.0. The number of nitrogens with one attached hydrogen (secondary N) is 1. The van der Waals surface area contributed by atoms with Crippen LogP contribution in [0.1, 0.15) is 36.0 Å². The molecule has 1 fully saturated rings. The van der Waals surface area contributed by atoms with E-state index in [1.54, 1.807) is 0 Å². The predicted octanol–water partition coefficient (Wildman–Crippen LogP) is 1.74. The van der Waals surface area contributed by atoms with E-state index in [0.717, 1.165) is 43.9 Å². The van der Waals surface area contributed by atoms with Gasteiger partial charge in [-0.05, 0) is 31.0 Å². The number of sulfonamides is 1. The molecule has 0 saturated heterocycles. The van der Waals surface area contributed by atoms with E-state index in [2.05, 4.69) is 4.72 Å². The first-order chi connectivity index (χ1) is 8.90. The molecule has 0 amide bonds. The molecular formula is C12H14FNO4S. The topological polar surface area (TPSA) is 83.5 Å². The van der Waals surface area contributed by atoms with Crippen LogP contribution in [0.25, 0.3) is 0 Å². The van der Waals surface area contributed by atoms with Crippen molar-refractivity contribution in [3.8, 4) is 0 Å². The molecule has 0 heterocycles. The highest BCUT2D eigenvalue weighted by molar-refractivity contribution is 7.89. The van der Waals surface area contributed by atoms with E-state index in [1.165, 1.54) is 0 Å². The summed E-state index contributed by atoms with van der Waals surface area (Å²) in [6.07, 6.45) is 3.48. The quantitative estimate of drug-likeness (QED) is 0.883. The SMILES string of the molecule is O=C(O)c1cc(S(=O)(=O)NC2CCCC2)ccc1F. The van der Waals surface area contributed by atoms with E-state index in [9.17, 15) is 17.6 Å². The van der Waals surface area contributed by atoms with Gasteiger partial charge in [0.15, 0.2) is 0 Å². The van der Waals surface area contributed by atoms with Crippen molar-refractivity contribution in [1.82, 2.24) is 4.72 Å². The summed E-state index contributed by atoms with van der Waals surface area (Å²) in [5.74, 6) is -2.44. The van der Waals surface area contributed by atoms with Gasteiger partial charge in [0.05, 0.1) is 10.5 Å². The minimum Gasteiger partial charge on any atom is -0.478 e. The van der Waals surface area contributed by atoms with Gasteiger partial charge < -0.3 is 5.11 Å². The summed E-state index contributed by atoms with van der Waals surface area (Å²) in [4.78, 5) is 10.6. The molecule has 104 valence electrons. The molecule has 0 aromatic heterocycles. The maximum Gasteiger partial charge on any atom is 0.338 e. The van der Waals surface area contributed by atoms with Crippen molar-refractivity contribution in [2.45, 2.75) is 36.6 Å². The van der Waals surface area contributed by atoms with Crippen molar-refractivity contribution >= 4 is 16.0 Å². The van der Waals surface area contributed by atoms with Gasteiger partial charge in [-0.2, -0.15) is 0 Å². The number of halogens is 1. The molecule has 0 aliphatic heterocycles. The number of aromatic carboxylic acids is 1. The Morgan fingerprint density at radius 1 is 1.32 bits per heavy atom. The summed E-state index contributed by atoms with van der Waals surface area (Å²) in [5, 5.41) is 8.78. The highest BCUT2D eigenvalue weighted by Gasteiger charge is 2.24. The smallest absolute Gasteiger partial charge is 0.338 e. The zero-order valence-corrected chi connectivity index (χ0v) is 10.9. The van der Waals surface area contributed by atoms with E-state index in [4.69, 9.17) is 5.11 Å². The molecule has 1 saturated carbocycles. The van der Waals surface area contributed by atoms with Crippen molar-refractivity contribution in [2.75, 3.05) is 0 Å². The van der Waals surface area contributed by atoms with Crippen molar-refractivity contribution in [3.63, 3.8) is 0 Å². The first kappa shape index (κ1) is 14.0. The number of carboxylic acids is 1. The fourth-order valence-electron chi connectivity index (χ4n) is 2.17. The molecule has 0 atom stereocenters. The second-order valence-electron chi connectivity index (χ2n) is 4.55. The number of hydrogen-bond donors (Lipinski definition) is 2. The number of rotatable bonds is 4. The number of benzene rings is 1. The third kappa shape index (κ3) is 3.10. The van der Waals surface area contributed by atoms with E-state index in [1.807, 2.05) is 0 Å². The molecule has 2 rings (SSSR count). The number of hydrogen-bond acceptors (Lipinski definition) is 3. The first-order valence-electron chi connectivity index (χ1n) is 5.95. The average molecular weight is 287 g/mol. The van der Waals surface area contributed by atoms with Crippen LogP contribution in [0.15, 0.2) is 23.1 Å². The fraction of sp³-hybridized carbons (Fsp3) is 0.417. The Labute approximate surface area is 110 Å². The molecule has 0 radical (unpaired) electrons. The second kappa shape index (κ2) is 5.26. The largest absolute Gasteiger partial charge is 0.478 e. The van der Waals surface area contributed by atoms with Crippen molar-refractivity contribution in [1.29, 1.82) is 0 Å². The van der Waals surface area contributed by atoms with Crippen LogP contribution < -0.4 is 4.72 Å². The molecule has 1 aromatic carbocycles. The molecule has 19 heavy (non-hydrogen) atoms. The van der Waals surface area contributed by atoms with Gasteiger partial charge in [0.1, 0.15) is 5.82 Å². The highest BCUT2D eigenvalue weighted by Crippen LogP contribution is 2.21. The van der Waals surface area contributed by atoms with Gasteiger partial charge in [-0.25, -0.2) is 22.3 Å². The van der Waals surface area contributed by atoms with Crippen LogP contribution in [0.5, 0.6) is 0 Å². The third-order valence-electron chi connectivity index (χ3n) is 3.16. The van der Waals surface area contributed by atoms with Gasteiger partial charge in [-0.1, -0.05) is 12.8 Å². The maximum atomic E-state index is 13.2. The lowest BCUT2D eigenvalue weighted by Gasteiger charge is -2.12. The summed E-state index contributed by atoms with van der Waals surface area (Å²) in [7, 11) is -3.80. The number of carbonyl (C=O) groups is 1. The van der Waals surface area contributed by atoms with Crippen molar-refractivity contribution in [3.05, 3.63) is 29.6 Å². The van der Waals surface area contributed by atoms with Gasteiger partial charge in [0.2, 0.25) is 10.0 Å². The van der Waals surface area contributed by atoms with E-state index < -0.39 is 27.4 Å². The Morgan fingerprint density at radius 3 is 2.53 bits per heavy atom.